The third-order valence-electron chi connectivity index (χ3n) is 3.41. The molecule has 14 heavy (non-hydrogen) atoms. The minimum Gasteiger partial charge on any atom is -0.0599 e. The van der Waals surface area contributed by atoms with E-state index in [2.05, 4.69) is 54.9 Å². The van der Waals surface area contributed by atoms with Gasteiger partial charge in [0.25, 0.3) is 0 Å². The summed E-state index contributed by atoms with van der Waals surface area (Å²) >= 11 is 0. The lowest BCUT2D eigenvalue weighted by Gasteiger charge is -2.48. The molecule has 0 atom stereocenters. The Morgan fingerprint density at radius 3 is 1.57 bits per heavy atom. The first-order valence-corrected chi connectivity index (χ1v) is 5.81. The molecule has 1 rings (SSSR count). The normalized spacial score (nSPS) is 27.6. The van der Waals surface area contributed by atoms with E-state index in [1.807, 2.05) is 0 Å². The quantitative estimate of drug-likeness (QED) is 0.529. The summed E-state index contributed by atoms with van der Waals surface area (Å²) in [7, 11) is 0. The van der Waals surface area contributed by atoms with E-state index in [-0.39, 0.29) is 0 Å². The molecule has 0 spiro atoms. The lowest BCUT2D eigenvalue weighted by molar-refractivity contribution is 0.0677. The third kappa shape index (κ3) is 3.00. The zero-order valence-corrected chi connectivity index (χ0v) is 11.0. The molecule has 0 aromatic heterocycles. The summed E-state index contributed by atoms with van der Waals surface area (Å²) in [6.45, 7) is 16.4. The van der Waals surface area contributed by atoms with E-state index >= 15 is 0 Å². The molecule has 0 saturated heterocycles. The van der Waals surface area contributed by atoms with Gasteiger partial charge in [-0.1, -0.05) is 48.5 Å². The van der Waals surface area contributed by atoms with Crippen molar-refractivity contribution in [1.29, 1.82) is 0 Å². The molecule has 0 aliphatic heterocycles. The van der Waals surface area contributed by atoms with Gasteiger partial charge in [-0.2, -0.15) is 0 Å². The monoisotopic (exact) mass is 194 g/mol. The summed E-state index contributed by atoms with van der Waals surface area (Å²) in [4.78, 5) is 0. The van der Waals surface area contributed by atoms with Gasteiger partial charge in [0.15, 0.2) is 0 Å². The Kier molecular flexibility index (Phi) is 2.80. The van der Waals surface area contributed by atoms with Crippen molar-refractivity contribution in [2.45, 2.75) is 61.3 Å². The van der Waals surface area contributed by atoms with Crippen molar-refractivity contribution in [3.05, 3.63) is 6.42 Å². The molecular weight excluding hydrogens is 168 g/mol. The summed E-state index contributed by atoms with van der Waals surface area (Å²) < 4.78 is 0. The van der Waals surface area contributed by atoms with Gasteiger partial charge in [0.2, 0.25) is 0 Å². The van der Waals surface area contributed by atoms with E-state index in [4.69, 9.17) is 0 Å². The minimum atomic E-state index is 0.291. The van der Waals surface area contributed by atoms with E-state index in [0.717, 1.165) is 5.92 Å². The molecule has 1 aliphatic rings. The van der Waals surface area contributed by atoms with Crippen LogP contribution in [0.25, 0.3) is 0 Å². The van der Waals surface area contributed by atoms with E-state index in [9.17, 15) is 0 Å². The molecule has 0 unspecified atom stereocenters. The molecule has 0 bridgehead atoms. The van der Waals surface area contributed by atoms with Crippen LogP contribution in [0.5, 0.6) is 0 Å². The lowest BCUT2D eigenvalue weighted by Crippen LogP contribution is -2.39. The predicted molar refractivity (Wildman–Crippen MR) is 63.0 cm³/mol. The first-order chi connectivity index (χ1) is 6.02. The van der Waals surface area contributed by atoms with Crippen LogP contribution >= 0.6 is 0 Å². The molecule has 82 valence electrons. The number of hydrogen-bond acceptors (Lipinski definition) is 0. The largest absolute Gasteiger partial charge is 0.0599 e. The Morgan fingerprint density at radius 1 is 0.929 bits per heavy atom. The standard InChI is InChI=1S/C14H26/c1-12(2,3)11-8-13(4,5)10-14(6,7)9-11/h11H,8-9H2,1-7H3. The molecule has 0 heterocycles. The Labute approximate surface area is 90.5 Å². The lowest BCUT2D eigenvalue weighted by atomic mass is 9.56. The van der Waals surface area contributed by atoms with Crippen molar-refractivity contribution in [2.24, 2.45) is 22.2 Å². The molecule has 0 N–H and O–H groups in total. The van der Waals surface area contributed by atoms with E-state index in [0.29, 0.717) is 16.2 Å². The van der Waals surface area contributed by atoms with Gasteiger partial charge >= 0.3 is 0 Å². The fourth-order valence-electron chi connectivity index (χ4n) is 2.93. The van der Waals surface area contributed by atoms with Crippen LogP contribution in [0, 0.1) is 28.6 Å². The van der Waals surface area contributed by atoms with E-state index in [1.54, 1.807) is 0 Å². The van der Waals surface area contributed by atoms with Crippen molar-refractivity contribution in [2.75, 3.05) is 0 Å². The first-order valence-electron chi connectivity index (χ1n) is 5.81. The molecule has 1 saturated carbocycles. The maximum absolute atomic E-state index is 3.73. The van der Waals surface area contributed by atoms with Crippen LogP contribution in [0.1, 0.15) is 61.3 Å². The smallest absolute Gasteiger partial charge is 0.00497 e. The highest BCUT2D eigenvalue weighted by Crippen LogP contribution is 2.52. The van der Waals surface area contributed by atoms with Gasteiger partial charge in [0, 0.05) is 0 Å². The van der Waals surface area contributed by atoms with Gasteiger partial charge in [0.1, 0.15) is 0 Å². The molecule has 2 radical (unpaired) electrons. The molecule has 0 nitrogen and oxygen atoms in total. The second kappa shape index (κ2) is 3.25. The SMILES string of the molecule is CC1(C)[C]C(C)(C)CC(C(C)(C)C)C1. The molecule has 0 amide bonds. The van der Waals surface area contributed by atoms with Crippen LogP contribution in [0.15, 0.2) is 0 Å². The van der Waals surface area contributed by atoms with Crippen LogP contribution in [-0.2, 0) is 0 Å². The van der Waals surface area contributed by atoms with E-state index < -0.39 is 0 Å². The first kappa shape index (κ1) is 12.1. The molecule has 0 aromatic rings. The molecular formula is C14H26. The second-order valence-electron chi connectivity index (χ2n) is 7.36. The minimum absolute atomic E-state index is 0.291. The van der Waals surface area contributed by atoms with Gasteiger partial charge in [0.05, 0.1) is 0 Å². The van der Waals surface area contributed by atoms with Crippen molar-refractivity contribution in [1.82, 2.24) is 0 Å². The fraction of sp³-hybridized carbons (Fsp3) is 0.929. The summed E-state index contributed by atoms with van der Waals surface area (Å²) in [6, 6.07) is 0. The van der Waals surface area contributed by atoms with Crippen molar-refractivity contribution in [3.63, 3.8) is 0 Å². The summed E-state index contributed by atoms with van der Waals surface area (Å²) in [5.41, 5.74) is 1.02. The Bertz CT molecular complexity index is 187. The zero-order valence-electron chi connectivity index (χ0n) is 11.0. The number of rotatable bonds is 0. The Balaban J connectivity index is 2.82. The van der Waals surface area contributed by atoms with Gasteiger partial charge in [-0.25, -0.2) is 0 Å². The Hall–Kier alpha value is 0. The third-order valence-corrected chi connectivity index (χ3v) is 3.41. The molecule has 0 aromatic carbocycles. The van der Waals surface area contributed by atoms with Gasteiger partial charge < -0.3 is 0 Å². The summed E-state index contributed by atoms with van der Waals surface area (Å²) in [6.07, 6.45) is 6.32. The van der Waals surface area contributed by atoms with Crippen LogP contribution in [0.2, 0.25) is 0 Å². The molecule has 1 fully saturated rings. The van der Waals surface area contributed by atoms with Crippen LogP contribution in [0.4, 0.5) is 0 Å². The van der Waals surface area contributed by atoms with Crippen molar-refractivity contribution in [3.8, 4) is 0 Å². The highest BCUT2D eigenvalue weighted by molar-refractivity contribution is 5.04. The van der Waals surface area contributed by atoms with Gasteiger partial charge in [-0.3, -0.25) is 0 Å². The van der Waals surface area contributed by atoms with Crippen LogP contribution in [0.3, 0.4) is 0 Å². The van der Waals surface area contributed by atoms with Crippen molar-refractivity contribution < 1.29 is 0 Å². The zero-order chi connectivity index (χ0) is 11.2. The van der Waals surface area contributed by atoms with Gasteiger partial charge in [-0.15, -0.1) is 0 Å². The molecule has 0 heteroatoms. The highest BCUT2D eigenvalue weighted by atomic mass is 14.5. The van der Waals surface area contributed by atoms with Crippen LogP contribution in [-0.4, -0.2) is 0 Å². The van der Waals surface area contributed by atoms with Crippen molar-refractivity contribution >= 4 is 0 Å². The maximum Gasteiger partial charge on any atom is -0.00497 e. The average Bonchev–Trinajstić information content (AvgIpc) is 1.76. The van der Waals surface area contributed by atoms with E-state index in [1.165, 1.54) is 12.8 Å². The highest BCUT2D eigenvalue weighted by Gasteiger charge is 2.42. The van der Waals surface area contributed by atoms with Crippen LogP contribution < -0.4 is 0 Å². The topological polar surface area (TPSA) is 0 Å². The second-order valence-corrected chi connectivity index (χ2v) is 7.36. The Morgan fingerprint density at radius 2 is 1.29 bits per heavy atom. The van der Waals surface area contributed by atoms with Gasteiger partial charge in [-0.05, 0) is 41.4 Å². The average molecular weight is 194 g/mol. The summed E-state index contributed by atoms with van der Waals surface area (Å²) in [5, 5.41) is 0. The molecule has 1 aliphatic carbocycles. The maximum atomic E-state index is 3.73. The number of hydrogen-bond donors (Lipinski definition) is 0. The predicted octanol–water partition coefficient (Wildman–Crippen LogP) is 4.58. The summed E-state index contributed by atoms with van der Waals surface area (Å²) in [5.74, 6) is 0.828. The fourth-order valence-corrected chi connectivity index (χ4v) is 2.93.